The SMILES string of the molecule is CN=C(NCCCN1CCCCCC1)NCc1ccc(S(=O)(=O)N(C)C(C)C)cc1. The molecule has 1 aromatic rings. The first-order valence-electron chi connectivity index (χ1n) is 11.1. The number of sulfonamides is 1. The molecule has 170 valence electrons. The first kappa shape index (κ1) is 24.6. The molecule has 0 aromatic heterocycles. The van der Waals surface area contributed by atoms with E-state index in [1.54, 1.807) is 26.2 Å². The van der Waals surface area contributed by atoms with Gasteiger partial charge in [-0.3, -0.25) is 4.99 Å². The Hall–Kier alpha value is -1.64. The molecule has 0 aliphatic carbocycles. The smallest absolute Gasteiger partial charge is 0.243 e. The molecule has 2 N–H and O–H groups in total. The van der Waals surface area contributed by atoms with Crippen LogP contribution in [0.15, 0.2) is 34.2 Å². The maximum absolute atomic E-state index is 12.6. The molecule has 30 heavy (non-hydrogen) atoms. The van der Waals surface area contributed by atoms with Crippen molar-refractivity contribution >= 4 is 16.0 Å². The minimum absolute atomic E-state index is 0.0786. The number of aliphatic imine (C=N–C) groups is 1. The van der Waals surface area contributed by atoms with Gasteiger partial charge < -0.3 is 15.5 Å². The Labute approximate surface area is 183 Å². The lowest BCUT2D eigenvalue weighted by atomic mass is 10.2. The zero-order valence-electron chi connectivity index (χ0n) is 19.0. The molecule has 2 rings (SSSR count). The molecule has 1 aliphatic heterocycles. The van der Waals surface area contributed by atoms with Crippen LogP contribution in [0.3, 0.4) is 0 Å². The lowest BCUT2D eigenvalue weighted by molar-refractivity contribution is 0.282. The number of nitrogens with zero attached hydrogens (tertiary/aromatic N) is 3. The summed E-state index contributed by atoms with van der Waals surface area (Å²) in [7, 11) is -0.0702. The lowest BCUT2D eigenvalue weighted by Crippen LogP contribution is -2.38. The predicted octanol–water partition coefficient (Wildman–Crippen LogP) is 2.65. The molecule has 1 aliphatic rings. The molecule has 1 fully saturated rings. The van der Waals surface area contributed by atoms with Crippen molar-refractivity contribution < 1.29 is 8.42 Å². The van der Waals surface area contributed by atoms with Gasteiger partial charge >= 0.3 is 0 Å². The molecule has 0 amide bonds. The molecule has 7 nitrogen and oxygen atoms in total. The highest BCUT2D eigenvalue weighted by Crippen LogP contribution is 2.17. The fourth-order valence-corrected chi connectivity index (χ4v) is 4.87. The molecule has 8 heteroatoms. The molecule has 1 aromatic carbocycles. The highest BCUT2D eigenvalue weighted by atomic mass is 32.2. The van der Waals surface area contributed by atoms with E-state index in [4.69, 9.17) is 0 Å². The summed E-state index contributed by atoms with van der Waals surface area (Å²) in [5.41, 5.74) is 1.01. The Morgan fingerprint density at radius 2 is 1.73 bits per heavy atom. The second kappa shape index (κ2) is 12.3. The van der Waals surface area contributed by atoms with Crippen molar-refractivity contribution in [2.75, 3.05) is 40.3 Å². The van der Waals surface area contributed by atoms with Gasteiger partial charge in [0, 0.05) is 33.2 Å². The first-order chi connectivity index (χ1) is 14.3. The third-order valence-corrected chi connectivity index (χ3v) is 7.70. The monoisotopic (exact) mass is 437 g/mol. The standard InChI is InChI=1S/C22H39N5O2S/c1-19(2)26(4)30(28,29)21-12-10-20(11-13-21)18-25-22(23-3)24-14-9-17-27-15-7-5-6-8-16-27/h10-13,19H,5-9,14-18H2,1-4H3,(H2,23,24,25). The van der Waals surface area contributed by atoms with E-state index in [2.05, 4.69) is 20.5 Å². The number of likely N-dealkylation sites (tertiary alicyclic amines) is 1. The molecule has 0 spiro atoms. The van der Waals surface area contributed by atoms with E-state index in [-0.39, 0.29) is 6.04 Å². The Kier molecular flexibility index (Phi) is 10.1. The minimum Gasteiger partial charge on any atom is -0.356 e. The van der Waals surface area contributed by atoms with Gasteiger partial charge in [0.05, 0.1) is 4.90 Å². The quantitative estimate of drug-likeness (QED) is 0.353. The van der Waals surface area contributed by atoms with E-state index in [0.29, 0.717) is 11.4 Å². The van der Waals surface area contributed by atoms with Gasteiger partial charge in [-0.15, -0.1) is 0 Å². The van der Waals surface area contributed by atoms with Crippen LogP contribution in [0.5, 0.6) is 0 Å². The molecule has 0 bridgehead atoms. The topological polar surface area (TPSA) is 77.0 Å². The Morgan fingerprint density at radius 3 is 2.30 bits per heavy atom. The number of rotatable bonds is 9. The van der Waals surface area contributed by atoms with Gasteiger partial charge in [-0.2, -0.15) is 4.31 Å². The summed E-state index contributed by atoms with van der Waals surface area (Å²) in [5.74, 6) is 0.766. The van der Waals surface area contributed by atoms with Gasteiger partial charge in [0.25, 0.3) is 0 Å². The lowest BCUT2D eigenvalue weighted by Gasteiger charge is -2.21. The minimum atomic E-state index is -3.44. The maximum atomic E-state index is 12.6. The van der Waals surface area contributed by atoms with E-state index >= 15 is 0 Å². The maximum Gasteiger partial charge on any atom is 0.243 e. The van der Waals surface area contributed by atoms with Crippen LogP contribution in [-0.4, -0.2) is 69.9 Å². The second-order valence-electron chi connectivity index (χ2n) is 8.22. The normalized spacial score (nSPS) is 16.7. The summed E-state index contributed by atoms with van der Waals surface area (Å²) in [6, 6.07) is 6.96. The van der Waals surface area contributed by atoms with Gasteiger partial charge in [-0.1, -0.05) is 25.0 Å². The number of benzene rings is 1. The van der Waals surface area contributed by atoms with Crippen LogP contribution in [0, 0.1) is 0 Å². The molecule has 1 saturated heterocycles. The summed E-state index contributed by atoms with van der Waals surface area (Å²) in [6.07, 6.45) is 6.48. The molecule has 0 atom stereocenters. The number of hydrogen-bond acceptors (Lipinski definition) is 4. The number of nitrogens with one attached hydrogen (secondary N) is 2. The molecular weight excluding hydrogens is 398 g/mol. The summed E-state index contributed by atoms with van der Waals surface area (Å²) in [4.78, 5) is 7.16. The average molecular weight is 438 g/mol. The largest absolute Gasteiger partial charge is 0.356 e. The Morgan fingerprint density at radius 1 is 1.10 bits per heavy atom. The van der Waals surface area contributed by atoms with Gasteiger partial charge in [0.2, 0.25) is 10.0 Å². The van der Waals surface area contributed by atoms with Crippen molar-refractivity contribution in [3.63, 3.8) is 0 Å². The Bertz CT molecular complexity index is 754. The molecule has 0 unspecified atom stereocenters. The zero-order chi connectivity index (χ0) is 22.0. The van der Waals surface area contributed by atoms with Crippen LogP contribution >= 0.6 is 0 Å². The van der Waals surface area contributed by atoms with Crippen molar-refractivity contribution in [1.29, 1.82) is 0 Å². The Balaban J connectivity index is 1.76. The average Bonchev–Trinajstić information content (AvgIpc) is 3.01. The van der Waals surface area contributed by atoms with Crippen LogP contribution < -0.4 is 10.6 Å². The van der Waals surface area contributed by atoms with E-state index in [1.165, 1.54) is 43.1 Å². The van der Waals surface area contributed by atoms with Crippen molar-refractivity contribution in [3.05, 3.63) is 29.8 Å². The number of hydrogen-bond donors (Lipinski definition) is 2. The number of guanidine groups is 1. The van der Waals surface area contributed by atoms with Crippen LogP contribution in [0.25, 0.3) is 0 Å². The van der Waals surface area contributed by atoms with Crippen LogP contribution in [0.4, 0.5) is 0 Å². The summed E-state index contributed by atoms with van der Waals surface area (Å²) >= 11 is 0. The predicted molar refractivity (Wildman–Crippen MR) is 124 cm³/mol. The summed E-state index contributed by atoms with van der Waals surface area (Å²) < 4.78 is 26.5. The van der Waals surface area contributed by atoms with E-state index in [1.807, 2.05) is 26.0 Å². The third-order valence-electron chi connectivity index (χ3n) is 5.65. The van der Waals surface area contributed by atoms with E-state index in [9.17, 15) is 8.42 Å². The van der Waals surface area contributed by atoms with Gasteiger partial charge in [0.1, 0.15) is 0 Å². The van der Waals surface area contributed by atoms with E-state index in [0.717, 1.165) is 31.0 Å². The fraction of sp³-hybridized carbons (Fsp3) is 0.682. The van der Waals surface area contributed by atoms with Gasteiger partial charge in [-0.25, -0.2) is 8.42 Å². The fourth-order valence-electron chi connectivity index (χ4n) is 3.50. The molecule has 1 heterocycles. The van der Waals surface area contributed by atoms with Crippen molar-refractivity contribution in [3.8, 4) is 0 Å². The van der Waals surface area contributed by atoms with Gasteiger partial charge in [-0.05, 0) is 70.4 Å². The third kappa shape index (κ3) is 7.56. The van der Waals surface area contributed by atoms with Crippen LogP contribution in [0.1, 0.15) is 51.5 Å². The van der Waals surface area contributed by atoms with Crippen molar-refractivity contribution in [1.82, 2.24) is 19.8 Å². The summed E-state index contributed by atoms with van der Waals surface area (Å²) in [5, 5.41) is 6.67. The summed E-state index contributed by atoms with van der Waals surface area (Å²) in [6.45, 7) is 8.79. The second-order valence-corrected chi connectivity index (χ2v) is 10.2. The molecule has 0 saturated carbocycles. The first-order valence-corrected chi connectivity index (χ1v) is 12.5. The van der Waals surface area contributed by atoms with E-state index < -0.39 is 10.0 Å². The molecular formula is C22H39N5O2S. The van der Waals surface area contributed by atoms with Crippen molar-refractivity contribution in [2.45, 2.75) is 63.4 Å². The highest BCUT2D eigenvalue weighted by molar-refractivity contribution is 7.89. The van der Waals surface area contributed by atoms with Crippen LogP contribution in [0.2, 0.25) is 0 Å². The molecule has 0 radical (unpaired) electrons. The van der Waals surface area contributed by atoms with Crippen molar-refractivity contribution in [2.24, 2.45) is 4.99 Å². The highest BCUT2D eigenvalue weighted by Gasteiger charge is 2.22. The van der Waals surface area contributed by atoms with Gasteiger partial charge in [0.15, 0.2) is 5.96 Å². The van der Waals surface area contributed by atoms with Crippen LogP contribution in [-0.2, 0) is 16.6 Å². The zero-order valence-corrected chi connectivity index (χ0v) is 19.8.